The lowest BCUT2D eigenvalue weighted by molar-refractivity contribution is 0.395. The molecule has 0 aliphatic carbocycles. The van der Waals surface area contributed by atoms with Gasteiger partial charge in [-0.3, -0.25) is 0 Å². The van der Waals surface area contributed by atoms with Crippen molar-refractivity contribution in [3.63, 3.8) is 0 Å². The van der Waals surface area contributed by atoms with E-state index in [2.05, 4.69) is 30.3 Å². The van der Waals surface area contributed by atoms with Crippen LogP contribution in [0, 0.1) is 5.82 Å². The van der Waals surface area contributed by atoms with Crippen molar-refractivity contribution >= 4 is 22.6 Å². The number of hydrogen-bond acceptors (Lipinski definition) is 1. The monoisotopic (exact) mass is 254 g/mol. The van der Waals surface area contributed by atoms with Crippen LogP contribution in [0.15, 0.2) is 18.2 Å². The molecule has 0 saturated carbocycles. The van der Waals surface area contributed by atoms with Crippen molar-refractivity contribution in [3.05, 3.63) is 29.8 Å². The van der Waals surface area contributed by atoms with Gasteiger partial charge in [0, 0.05) is 17.8 Å². The summed E-state index contributed by atoms with van der Waals surface area (Å²) in [5.41, 5.74) is 1.13. The molecule has 0 N–H and O–H groups in total. The highest BCUT2D eigenvalue weighted by Crippen LogP contribution is 2.26. The zero-order valence-corrected chi connectivity index (χ0v) is 11.1. The molecule has 0 atom stereocenters. The van der Waals surface area contributed by atoms with Crippen LogP contribution in [0.3, 0.4) is 0 Å². The molecule has 0 spiro atoms. The first-order valence-electron chi connectivity index (χ1n) is 5.67. The summed E-state index contributed by atoms with van der Waals surface area (Å²) in [4.78, 5) is 4.37. The fraction of sp³-hybridized carbons (Fsp3) is 0.462. The second-order valence-electron chi connectivity index (χ2n) is 5.08. The minimum atomic E-state index is -0.277. The van der Waals surface area contributed by atoms with E-state index in [9.17, 15) is 4.39 Å². The Kier molecular flexibility index (Phi) is 3.13. The number of alkyl halides is 1. The van der Waals surface area contributed by atoms with Gasteiger partial charge in [0.15, 0.2) is 5.82 Å². The van der Waals surface area contributed by atoms with E-state index in [4.69, 9.17) is 11.6 Å². The first kappa shape index (κ1) is 12.4. The summed E-state index contributed by atoms with van der Waals surface area (Å²) in [6, 6.07) is 5.05. The van der Waals surface area contributed by atoms with Crippen molar-refractivity contribution in [2.75, 3.05) is 5.88 Å². The van der Waals surface area contributed by atoms with Crippen LogP contribution in [-0.4, -0.2) is 15.4 Å². The van der Waals surface area contributed by atoms with E-state index < -0.39 is 0 Å². The van der Waals surface area contributed by atoms with Crippen molar-refractivity contribution in [2.24, 2.45) is 0 Å². The molecule has 0 bridgehead atoms. The van der Waals surface area contributed by atoms with E-state index in [1.807, 2.05) is 6.07 Å². The van der Waals surface area contributed by atoms with Crippen molar-refractivity contribution < 1.29 is 4.39 Å². The molecule has 17 heavy (non-hydrogen) atoms. The fourth-order valence-corrected chi connectivity index (χ4v) is 2.28. The first-order valence-corrected chi connectivity index (χ1v) is 6.21. The standard InChI is InChI=1S/C13H16ClFN2/c1-13(2,3)17-10-6-4-5-9(15)12(10)16-11(17)7-8-14/h4-6H,7-8H2,1-3H3. The van der Waals surface area contributed by atoms with Gasteiger partial charge in [-0.2, -0.15) is 0 Å². The predicted molar refractivity (Wildman–Crippen MR) is 69.1 cm³/mol. The summed E-state index contributed by atoms with van der Waals surface area (Å²) < 4.78 is 15.8. The summed E-state index contributed by atoms with van der Waals surface area (Å²) >= 11 is 5.78. The van der Waals surface area contributed by atoms with Gasteiger partial charge in [-0.25, -0.2) is 9.37 Å². The average Bonchev–Trinajstić information content (AvgIpc) is 2.57. The van der Waals surface area contributed by atoms with Crippen LogP contribution in [0.2, 0.25) is 0 Å². The lowest BCUT2D eigenvalue weighted by Crippen LogP contribution is -2.24. The maximum atomic E-state index is 13.7. The third-order valence-electron chi connectivity index (χ3n) is 2.69. The number of halogens is 2. The van der Waals surface area contributed by atoms with E-state index in [0.29, 0.717) is 17.8 Å². The molecular formula is C13H16ClFN2. The zero-order valence-electron chi connectivity index (χ0n) is 10.3. The lowest BCUT2D eigenvalue weighted by atomic mass is 10.1. The molecule has 0 aliphatic heterocycles. The highest BCUT2D eigenvalue weighted by atomic mass is 35.5. The third-order valence-corrected chi connectivity index (χ3v) is 2.88. The molecule has 1 heterocycles. The second kappa shape index (κ2) is 4.30. The van der Waals surface area contributed by atoms with Crippen LogP contribution >= 0.6 is 11.6 Å². The molecule has 2 rings (SSSR count). The molecule has 1 aromatic heterocycles. The molecule has 1 aromatic carbocycles. The highest BCUT2D eigenvalue weighted by Gasteiger charge is 2.22. The maximum absolute atomic E-state index is 13.7. The van der Waals surface area contributed by atoms with Gasteiger partial charge in [-0.05, 0) is 32.9 Å². The minimum Gasteiger partial charge on any atom is -0.322 e. The quantitative estimate of drug-likeness (QED) is 0.747. The molecule has 0 unspecified atom stereocenters. The van der Waals surface area contributed by atoms with Crippen LogP contribution in [0.5, 0.6) is 0 Å². The van der Waals surface area contributed by atoms with E-state index >= 15 is 0 Å². The number of benzene rings is 1. The number of hydrogen-bond donors (Lipinski definition) is 0. The molecule has 0 fully saturated rings. The van der Waals surface area contributed by atoms with Gasteiger partial charge in [-0.15, -0.1) is 11.6 Å². The molecule has 0 saturated heterocycles. The van der Waals surface area contributed by atoms with Gasteiger partial charge >= 0.3 is 0 Å². The van der Waals surface area contributed by atoms with Crippen LogP contribution in [0.1, 0.15) is 26.6 Å². The maximum Gasteiger partial charge on any atom is 0.151 e. The van der Waals surface area contributed by atoms with Gasteiger partial charge in [0.2, 0.25) is 0 Å². The number of aromatic nitrogens is 2. The van der Waals surface area contributed by atoms with Gasteiger partial charge in [0.25, 0.3) is 0 Å². The van der Waals surface area contributed by atoms with Crippen molar-refractivity contribution in [1.29, 1.82) is 0 Å². The van der Waals surface area contributed by atoms with Gasteiger partial charge in [0.05, 0.1) is 5.52 Å². The predicted octanol–water partition coefficient (Wildman–Crippen LogP) is 3.71. The molecule has 2 nitrogen and oxygen atoms in total. The molecule has 2 aromatic rings. The molecule has 0 radical (unpaired) electrons. The summed E-state index contributed by atoms with van der Waals surface area (Å²) in [6.07, 6.45) is 0.646. The summed E-state index contributed by atoms with van der Waals surface area (Å²) in [6.45, 7) is 6.24. The van der Waals surface area contributed by atoms with Crippen LogP contribution in [0.25, 0.3) is 11.0 Å². The number of fused-ring (bicyclic) bond motifs is 1. The molecule has 0 aliphatic rings. The topological polar surface area (TPSA) is 17.8 Å². The van der Waals surface area contributed by atoms with Crippen LogP contribution < -0.4 is 0 Å². The van der Waals surface area contributed by atoms with Crippen molar-refractivity contribution in [3.8, 4) is 0 Å². The zero-order chi connectivity index (χ0) is 12.6. The Balaban J connectivity index is 2.76. The van der Waals surface area contributed by atoms with Crippen molar-refractivity contribution in [2.45, 2.75) is 32.7 Å². The first-order chi connectivity index (χ1) is 7.95. The number of para-hydroxylation sites is 1. The van der Waals surface area contributed by atoms with E-state index in [1.54, 1.807) is 6.07 Å². The number of rotatable bonds is 2. The van der Waals surface area contributed by atoms with Gasteiger partial charge in [0.1, 0.15) is 11.3 Å². The highest BCUT2D eigenvalue weighted by molar-refractivity contribution is 6.17. The Morgan fingerprint density at radius 3 is 2.65 bits per heavy atom. The van der Waals surface area contributed by atoms with Crippen LogP contribution in [0.4, 0.5) is 4.39 Å². The Morgan fingerprint density at radius 1 is 1.35 bits per heavy atom. The van der Waals surface area contributed by atoms with E-state index in [1.165, 1.54) is 6.07 Å². The van der Waals surface area contributed by atoms with Crippen molar-refractivity contribution in [1.82, 2.24) is 9.55 Å². The number of nitrogens with zero attached hydrogens (tertiary/aromatic N) is 2. The van der Waals surface area contributed by atoms with E-state index in [0.717, 1.165) is 11.3 Å². The SMILES string of the molecule is CC(C)(C)n1c(CCCl)nc2c(F)cccc21. The smallest absolute Gasteiger partial charge is 0.151 e. The fourth-order valence-electron chi connectivity index (χ4n) is 2.11. The minimum absolute atomic E-state index is 0.135. The summed E-state index contributed by atoms with van der Waals surface area (Å²) in [5, 5.41) is 0. The van der Waals surface area contributed by atoms with Crippen LogP contribution in [-0.2, 0) is 12.0 Å². The Hall–Kier alpha value is -1.09. The Bertz CT molecular complexity index is 540. The second-order valence-corrected chi connectivity index (χ2v) is 5.46. The van der Waals surface area contributed by atoms with Gasteiger partial charge < -0.3 is 4.57 Å². The van der Waals surface area contributed by atoms with Gasteiger partial charge in [-0.1, -0.05) is 6.07 Å². The van der Waals surface area contributed by atoms with E-state index in [-0.39, 0.29) is 11.4 Å². The number of aryl methyl sites for hydroxylation is 1. The Morgan fingerprint density at radius 2 is 2.06 bits per heavy atom. The number of imidazole rings is 1. The molecule has 0 amide bonds. The summed E-state index contributed by atoms with van der Waals surface area (Å²) in [7, 11) is 0. The average molecular weight is 255 g/mol. The largest absolute Gasteiger partial charge is 0.322 e. The Labute approximate surface area is 105 Å². The molecule has 4 heteroatoms. The molecular weight excluding hydrogens is 239 g/mol. The third kappa shape index (κ3) is 2.16. The summed E-state index contributed by atoms with van der Waals surface area (Å²) in [5.74, 6) is 1.05. The molecule has 92 valence electrons. The normalized spacial score (nSPS) is 12.3. The lowest BCUT2D eigenvalue weighted by Gasteiger charge is -2.24.